The van der Waals surface area contributed by atoms with Gasteiger partial charge in [0.15, 0.2) is 5.65 Å². The van der Waals surface area contributed by atoms with Gasteiger partial charge in [0.25, 0.3) is 0 Å². The Labute approximate surface area is 156 Å². The van der Waals surface area contributed by atoms with E-state index in [4.69, 9.17) is 0 Å². The third kappa shape index (κ3) is 4.68. The van der Waals surface area contributed by atoms with Crippen LogP contribution in [-0.2, 0) is 12.0 Å². The van der Waals surface area contributed by atoms with Crippen LogP contribution in [0.15, 0.2) is 36.7 Å². The Morgan fingerprint density at radius 2 is 1.58 bits per heavy atom. The molecule has 0 spiro atoms. The molecule has 0 bridgehead atoms. The highest BCUT2D eigenvalue weighted by atomic mass is 15.1. The van der Waals surface area contributed by atoms with E-state index in [2.05, 4.69) is 84.3 Å². The molecule has 0 atom stereocenters. The predicted octanol–water partition coefficient (Wildman–Crippen LogP) is 3.82. The fraction of sp³-hybridized carbons (Fsp3) is 0.429. The molecule has 0 aliphatic heterocycles. The minimum Gasteiger partial charge on any atom is -0.338 e. The molecule has 3 aromatic rings. The van der Waals surface area contributed by atoms with Gasteiger partial charge in [-0.05, 0) is 44.7 Å². The lowest BCUT2D eigenvalue weighted by atomic mass is 9.86. The quantitative estimate of drug-likeness (QED) is 0.751. The Kier molecular flexibility index (Phi) is 6.51. The Bertz CT molecular complexity index is 826. The number of benzene rings is 1. The largest absolute Gasteiger partial charge is 0.338 e. The molecule has 5 heteroatoms. The van der Waals surface area contributed by atoms with Crippen LogP contribution < -0.4 is 5.32 Å². The number of aromatic nitrogens is 3. The normalized spacial score (nSPS) is 11.5. The number of rotatable bonds is 3. The molecule has 0 aliphatic rings. The molecule has 0 amide bonds. The Morgan fingerprint density at radius 3 is 2.12 bits per heavy atom. The van der Waals surface area contributed by atoms with E-state index in [-0.39, 0.29) is 5.41 Å². The molecule has 26 heavy (non-hydrogen) atoms. The summed E-state index contributed by atoms with van der Waals surface area (Å²) in [5, 5.41) is 2.75. The van der Waals surface area contributed by atoms with Gasteiger partial charge in [0.1, 0.15) is 5.52 Å². The minimum atomic E-state index is 0.161. The average Bonchev–Trinajstić information content (AvgIpc) is 2.93. The van der Waals surface area contributed by atoms with Crippen molar-refractivity contribution in [2.24, 2.45) is 0 Å². The van der Waals surface area contributed by atoms with Gasteiger partial charge in [0.05, 0.1) is 5.69 Å². The smallest absolute Gasteiger partial charge is 0.156 e. The van der Waals surface area contributed by atoms with Crippen LogP contribution in [0.4, 0.5) is 0 Å². The van der Waals surface area contributed by atoms with Gasteiger partial charge in [-0.3, -0.25) is 4.98 Å². The average molecular weight is 354 g/mol. The van der Waals surface area contributed by atoms with E-state index in [0.717, 1.165) is 23.4 Å². The van der Waals surface area contributed by atoms with Crippen LogP contribution in [0.1, 0.15) is 31.9 Å². The molecule has 0 radical (unpaired) electrons. The molecule has 0 saturated carbocycles. The first-order chi connectivity index (χ1) is 12.3. The molecule has 2 heterocycles. The number of aromatic amines is 1. The van der Waals surface area contributed by atoms with Crippen molar-refractivity contribution < 1.29 is 0 Å². The van der Waals surface area contributed by atoms with Crippen molar-refractivity contribution in [3.8, 4) is 11.3 Å². The van der Waals surface area contributed by atoms with E-state index in [1.807, 2.05) is 14.1 Å². The van der Waals surface area contributed by atoms with E-state index in [9.17, 15) is 0 Å². The van der Waals surface area contributed by atoms with E-state index in [1.54, 1.807) is 12.4 Å². The number of nitrogens with one attached hydrogen (secondary N) is 2. The van der Waals surface area contributed by atoms with Gasteiger partial charge < -0.3 is 15.2 Å². The summed E-state index contributed by atoms with van der Waals surface area (Å²) in [7, 11) is 7.89. The second-order valence-corrected chi connectivity index (χ2v) is 7.80. The van der Waals surface area contributed by atoms with Crippen LogP contribution >= 0.6 is 0 Å². The van der Waals surface area contributed by atoms with Crippen LogP contribution in [0.5, 0.6) is 0 Å². The number of fused-ring (bicyclic) bond motifs is 1. The summed E-state index contributed by atoms with van der Waals surface area (Å²) in [4.78, 5) is 14.5. The second kappa shape index (κ2) is 8.43. The topological polar surface area (TPSA) is 56.8 Å². The minimum absolute atomic E-state index is 0.161. The number of nitrogens with zero attached hydrogens (tertiary/aromatic N) is 3. The molecule has 1 aromatic carbocycles. The molecule has 0 unspecified atom stereocenters. The molecule has 0 fully saturated rings. The summed E-state index contributed by atoms with van der Waals surface area (Å²) in [6, 6.07) is 8.79. The van der Waals surface area contributed by atoms with Gasteiger partial charge >= 0.3 is 0 Å². The summed E-state index contributed by atoms with van der Waals surface area (Å²) in [5.41, 5.74) is 6.78. The molecule has 3 rings (SSSR count). The van der Waals surface area contributed by atoms with Crippen LogP contribution in [0.25, 0.3) is 22.4 Å². The second-order valence-electron chi connectivity index (χ2n) is 7.80. The summed E-state index contributed by atoms with van der Waals surface area (Å²) < 4.78 is 0. The van der Waals surface area contributed by atoms with Crippen molar-refractivity contribution in [1.82, 2.24) is 25.2 Å². The number of hydrogen-bond acceptors (Lipinski definition) is 4. The Hall–Kier alpha value is -2.24. The summed E-state index contributed by atoms with van der Waals surface area (Å²) in [6.07, 6.45) is 3.48. The number of hydrogen-bond donors (Lipinski definition) is 2. The standard InChI is InChI=1S/C19H24N4.C2H7N/c1-19(2,3)14-8-6-13(7-9-14)16-15(12-23(4)5)17-18(22-16)21-11-10-20-17;1-3-2/h6-11H,12H2,1-5H3,(H,21,22);3H,1-2H3. The fourth-order valence-corrected chi connectivity index (χ4v) is 2.82. The summed E-state index contributed by atoms with van der Waals surface area (Å²) >= 11 is 0. The molecular formula is C21H31N5. The van der Waals surface area contributed by atoms with Gasteiger partial charge in [-0.15, -0.1) is 0 Å². The number of H-pyrrole nitrogens is 1. The molecule has 2 N–H and O–H groups in total. The summed E-state index contributed by atoms with van der Waals surface area (Å²) in [6.45, 7) is 7.53. The van der Waals surface area contributed by atoms with E-state index >= 15 is 0 Å². The molecule has 140 valence electrons. The highest BCUT2D eigenvalue weighted by molar-refractivity contribution is 5.85. The molecule has 5 nitrogen and oxygen atoms in total. The van der Waals surface area contributed by atoms with Crippen molar-refractivity contribution in [2.45, 2.75) is 32.7 Å². The molecule has 0 aliphatic carbocycles. The van der Waals surface area contributed by atoms with Gasteiger partial charge in [0.2, 0.25) is 0 Å². The highest BCUT2D eigenvalue weighted by Gasteiger charge is 2.17. The van der Waals surface area contributed by atoms with Crippen molar-refractivity contribution in [3.63, 3.8) is 0 Å². The lowest BCUT2D eigenvalue weighted by Crippen LogP contribution is -2.12. The fourth-order valence-electron chi connectivity index (χ4n) is 2.82. The van der Waals surface area contributed by atoms with Crippen molar-refractivity contribution in [3.05, 3.63) is 47.8 Å². The maximum absolute atomic E-state index is 4.52. The Balaban J connectivity index is 0.000000758. The van der Waals surface area contributed by atoms with Crippen LogP contribution in [0.3, 0.4) is 0 Å². The van der Waals surface area contributed by atoms with Gasteiger partial charge in [-0.2, -0.15) is 0 Å². The first-order valence-electron chi connectivity index (χ1n) is 8.93. The van der Waals surface area contributed by atoms with Crippen molar-refractivity contribution in [2.75, 3.05) is 28.2 Å². The zero-order valence-corrected chi connectivity index (χ0v) is 17.0. The highest BCUT2D eigenvalue weighted by Crippen LogP contribution is 2.31. The van der Waals surface area contributed by atoms with Crippen molar-refractivity contribution >= 4 is 11.2 Å². The maximum atomic E-state index is 4.52. The monoisotopic (exact) mass is 353 g/mol. The van der Waals surface area contributed by atoms with Crippen molar-refractivity contribution in [1.29, 1.82) is 0 Å². The SMILES string of the molecule is CN(C)Cc1c(-c2ccc(C(C)(C)C)cc2)[nH]c2nccnc12.CNC. The van der Waals surface area contributed by atoms with Gasteiger partial charge in [0, 0.05) is 24.5 Å². The molecule has 2 aromatic heterocycles. The molecular weight excluding hydrogens is 322 g/mol. The summed E-state index contributed by atoms with van der Waals surface area (Å²) in [5.74, 6) is 0. The lowest BCUT2D eigenvalue weighted by Gasteiger charge is -2.19. The lowest BCUT2D eigenvalue weighted by molar-refractivity contribution is 0.404. The van der Waals surface area contributed by atoms with Crippen LogP contribution in [0, 0.1) is 0 Å². The van der Waals surface area contributed by atoms with Gasteiger partial charge in [-0.25, -0.2) is 4.98 Å². The first-order valence-corrected chi connectivity index (χ1v) is 8.93. The van der Waals surface area contributed by atoms with E-state index < -0.39 is 0 Å². The maximum Gasteiger partial charge on any atom is 0.156 e. The zero-order chi connectivity index (χ0) is 19.3. The van der Waals surface area contributed by atoms with Gasteiger partial charge in [-0.1, -0.05) is 45.0 Å². The van der Waals surface area contributed by atoms with Crippen LogP contribution in [-0.4, -0.2) is 48.0 Å². The zero-order valence-electron chi connectivity index (χ0n) is 17.0. The third-order valence-electron chi connectivity index (χ3n) is 4.04. The third-order valence-corrected chi connectivity index (χ3v) is 4.04. The van der Waals surface area contributed by atoms with E-state index in [0.29, 0.717) is 0 Å². The van der Waals surface area contributed by atoms with E-state index in [1.165, 1.54) is 16.7 Å². The first kappa shape index (κ1) is 20.1. The van der Waals surface area contributed by atoms with Crippen LogP contribution in [0.2, 0.25) is 0 Å². The molecule has 0 saturated heterocycles. The Morgan fingerprint density at radius 1 is 1.00 bits per heavy atom. The predicted molar refractivity (Wildman–Crippen MR) is 110 cm³/mol.